The van der Waals surface area contributed by atoms with Crippen LogP contribution in [-0.2, 0) is 4.79 Å². The van der Waals surface area contributed by atoms with Crippen molar-refractivity contribution in [2.75, 3.05) is 19.6 Å². The predicted octanol–water partition coefficient (Wildman–Crippen LogP) is 3.73. The van der Waals surface area contributed by atoms with Crippen molar-refractivity contribution in [1.82, 2.24) is 10.2 Å². The van der Waals surface area contributed by atoms with Crippen LogP contribution in [-0.4, -0.2) is 36.5 Å². The highest BCUT2D eigenvalue weighted by atomic mass is 16.2. The first-order chi connectivity index (χ1) is 9.79. The van der Waals surface area contributed by atoms with Gasteiger partial charge < -0.3 is 10.2 Å². The van der Waals surface area contributed by atoms with Gasteiger partial charge in [-0.2, -0.15) is 0 Å². The Morgan fingerprint density at radius 3 is 2.05 bits per heavy atom. The molecule has 1 aliphatic heterocycles. The van der Waals surface area contributed by atoms with E-state index < -0.39 is 0 Å². The number of rotatable bonds is 11. The van der Waals surface area contributed by atoms with Crippen molar-refractivity contribution in [2.24, 2.45) is 0 Å². The Balaban J connectivity index is 2.33. The van der Waals surface area contributed by atoms with Crippen LogP contribution in [0.5, 0.6) is 0 Å². The molecule has 0 bridgehead atoms. The van der Waals surface area contributed by atoms with Crippen LogP contribution < -0.4 is 5.32 Å². The average molecular weight is 282 g/mol. The molecule has 1 amide bonds. The quantitative estimate of drug-likeness (QED) is 0.586. The average Bonchev–Trinajstić information content (AvgIpc) is 2.99. The molecule has 1 N–H and O–H groups in total. The van der Waals surface area contributed by atoms with Gasteiger partial charge in [0.25, 0.3) is 0 Å². The molecule has 0 unspecified atom stereocenters. The fraction of sp³-hybridized carbons (Fsp3) is 0.941. The van der Waals surface area contributed by atoms with Crippen molar-refractivity contribution in [2.45, 2.75) is 84.1 Å². The number of hydrogen-bond donors (Lipinski definition) is 1. The Bertz CT molecular complexity index is 237. The zero-order valence-corrected chi connectivity index (χ0v) is 13.6. The normalized spacial score (nSPS) is 18.4. The van der Waals surface area contributed by atoms with Crippen LogP contribution in [0.15, 0.2) is 0 Å². The topological polar surface area (TPSA) is 32.3 Å². The third-order valence-electron chi connectivity index (χ3n) is 4.23. The molecule has 1 rings (SSSR count). The van der Waals surface area contributed by atoms with Crippen LogP contribution in [0.2, 0.25) is 0 Å². The second-order valence-electron chi connectivity index (χ2n) is 6.10. The number of nitrogens with one attached hydrogen (secondary N) is 1. The molecule has 0 aromatic rings. The van der Waals surface area contributed by atoms with E-state index in [1.807, 2.05) is 0 Å². The molecular weight excluding hydrogens is 248 g/mol. The first-order valence-corrected chi connectivity index (χ1v) is 8.81. The van der Waals surface area contributed by atoms with Crippen molar-refractivity contribution < 1.29 is 4.79 Å². The van der Waals surface area contributed by atoms with Crippen LogP contribution in [0.4, 0.5) is 0 Å². The maximum Gasteiger partial charge on any atom is 0.239 e. The molecule has 0 aliphatic carbocycles. The van der Waals surface area contributed by atoms with Gasteiger partial charge in [0.15, 0.2) is 0 Å². The summed E-state index contributed by atoms with van der Waals surface area (Å²) < 4.78 is 0. The largest absolute Gasteiger partial charge is 0.341 e. The Labute approximate surface area is 125 Å². The summed E-state index contributed by atoms with van der Waals surface area (Å²) in [5.74, 6) is 0.357. The third-order valence-corrected chi connectivity index (χ3v) is 4.23. The molecule has 3 nitrogen and oxygen atoms in total. The second-order valence-corrected chi connectivity index (χ2v) is 6.10. The van der Waals surface area contributed by atoms with Gasteiger partial charge in [0.1, 0.15) is 0 Å². The first-order valence-electron chi connectivity index (χ1n) is 8.81. The number of unbranched alkanes of at least 4 members (excludes halogenated alkanes) is 6. The van der Waals surface area contributed by atoms with Gasteiger partial charge in [0, 0.05) is 13.1 Å². The summed E-state index contributed by atoms with van der Waals surface area (Å²) in [6, 6.07) is 0.104. The summed E-state index contributed by atoms with van der Waals surface area (Å²) >= 11 is 0. The molecule has 3 heteroatoms. The summed E-state index contributed by atoms with van der Waals surface area (Å²) in [6.45, 7) is 7.40. The number of hydrogen-bond acceptors (Lipinski definition) is 2. The van der Waals surface area contributed by atoms with Crippen molar-refractivity contribution in [1.29, 1.82) is 0 Å². The molecule has 0 aromatic heterocycles. The molecule has 0 saturated carbocycles. The van der Waals surface area contributed by atoms with E-state index in [1.54, 1.807) is 0 Å². The molecule has 1 saturated heterocycles. The predicted molar refractivity (Wildman–Crippen MR) is 85.9 cm³/mol. The van der Waals surface area contributed by atoms with E-state index in [2.05, 4.69) is 24.1 Å². The van der Waals surface area contributed by atoms with Gasteiger partial charge in [0.2, 0.25) is 5.91 Å². The second kappa shape index (κ2) is 11.1. The van der Waals surface area contributed by atoms with Gasteiger partial charge >= 0.3 is 0 Å². The summed E-state index contributed by atoms with van der Waals surface area (Å²) in [5, 5.41) is 3.35. The minimum atomic E-state index is 0.104. The molecule has 20 heavy (non-hydrogen) atoms. The van der Waals surface area contributed by atoms with E-state index in [-0.39, 0.29) is 6.04 Å². The Hall–Kier alpha value is -0.570. The summed E-state index contributed by atoms with van der Waals surface area (Å²) in [6.07, 6.45) is 12.1. The first kappa shape index (κ1) is 17.5. The lowest BCUT2D eigenvalue weighted by molar-refractivity contribution is -0.133. The fourth-order valence-electron chi connectivity index (χ4n) is 2.91. The van der Waals surface area contributed by atoms with E-state index in [9.17, 15) is 4.79 Å². The standard InChI is InChI=1S/C17H34N2O/c1-3-5-7-9-14-19(15-10-8-6-4-2)17(20)16-12-11-13-18-16/h16,18H,3-15H2,1-2H3/t16-/m0/s1. The minimum Gasteiger partial charge on any atom is -0.341 e. The van der Waals surface area contributed by atoms with Gasteiger partial charge in [-0.3, -0.25) is 4.79 Å². The molecule has 1 aliphatic rings. The Kier molecular flexibility index (Phi) is 9.73. The molecule has 0 spiro atoms. The van der Waals surface area contributed by atoms with Gasteiger partial charge in [-0.25, -0.2) is 0 Å². The van der Waals surface area contributed by atoms with Crippen molar-refractivity contribution in [3.63, 3.8) is 0 Å². The van der Waals surface area contributed by atoms with E-state index in [1.165, 1.54) is 51.4 Å². The van der Waals surface area contributed by atoms with E-state index in [0.29, 0.717) is 5.91 Å². The van der Waals surface area contributed by atoms with Crippen molar-refractivity contribution >= 4 is 5.91 Å². The third kappa shape index (κ3) is 6.74. The number of amides is 1. The molecule has 118 valence electrons. The highest BCUT2D eigenvalue weighted by Gasteiger charge is 2.26. The van der Waals surface area contributed by atoms with Crippen molar-refractivity contribution in [3.05, 3.63) is 0 Å². The molecule has 1 fully saturated rings. The van der Waals surface area contributed by atoms with E-state index in [0.717, 1.165) is 32.5 Å². The summed E-state index contributed by atoms with van der Waals surface area (Å²) in [5.41, 5.74) is 0. The number of carbonyl (C=O) groups is 1. The lowest BCUT2D eigenvalue weighted by atomic mass is 10.1. The van der Waals surface area contributed by atoms with Crippen molar-refractivity contribution in [3.8, 4) is 0 Å². The minimum absolute atomic E-state index is 0.104. The van der Waals surface area contributed by atoms with Gasteiger partial charge in [-0.1, -0.05) is 52.4 Å². The highest BCUT2D eigenvalue weighted by Crippen LogP contribution is 2.12. The molecule has 0 radical (unpaired) electrons. The SMILES string of the molecule is CCCCCCN(CCCCCC)C(=O)[C@@H]1CCCN1. The number of carbonyl (C=O) groups excluding carboxylic acids is 1. The zero-order chi connectivity index (χ0) is 14.6. The zero-order valence-electron chi connectivity index (χ0n) is 13.6. The lowest BCUT2D eigenvalue weighted by Crippen LogP contribution is -2.44. The van der Waals surface area contributed by atoms with Gasteiger partial charge in [0.05, 0.1) is 6.04 Å². The fourth-order valence-corrected chi connectivity index (χ4v) is 2.91. The molecule has 1 atom stereocenters. The Morgan fingerprint density at radius 1 is 1.00 bits per heavy atom. The van der Waals surface area contributed by atoms with Crippen LogP contribution >= 0.6 is 0 Å². The molecular formula is C17H34N2O. The molecule has 0 aromatic carbocycles. The van der Waals surface area contributed by atoms with Gasteiger partial charge in [-0.15, -0.1) is 0 Å². The smallest absolute Gasteiger partial charge is 0.239 e. The van der Waals surface area contributed by atoms with Crippen LogP contribution in [0, 0.1) is 0 Å². The summed E-state index contributed by atoms with van der Waals surface area (Å²) in [7, 11) is 0. The van der Waals surface area contributed by atoms with E-state index in [4.69, 9.17) is 0 Å². The molecule has 1 heterocycles. The van der Waals surface area contributed by atoms with Gasteiger partial charge in [-0.05, 0) is 32.2 Å². The van der Waals surface area contributed by atoms with Crippen LogP contribution in [0.25, 0.3) is 0 Å². The lowest BCUT2D eigenvalue weighted by Gasteiger charge is -2.26. The maximum absolute atomic E-state index is 12.5. The Morgan fingerprint density at radius 2 is 1.60 bits per heavy atom. The summed E-state index contributed by atoms with van der Waals surface area (Å²) in [4.78, 5) is 14.7. The van der Waals surface area contributed by atoms with E-state index >= 15 is 0 Å². The highest BCUT2D eigenvalue weighted by molar-refractivity contribution is 5.82. The van der Waals surface area contributed by atoms with Crippen LogP contribution in [0.1, 0.15) is 78.1 Å². The monoisotopic (exact) mass is 282 g/mol. The number of nitrogens with zero attached hydrogens (tertiary/aromatic N) is 1. The van der Waals surface area contributed by atoms with Crippen LogP contribution in [0.3, 0.4) is 0 Å². The maximum atomic E-state index is 12.5.